The van der Waals surface area contributed by atoms with Crippen LogP contribution in [-0.2, 0) is 7.05 Å². The Hall–Kier alpha value is -2.10. The van der Waals surface area contributed by atoms with Gasteiger partial charge in [-0.3, -0.25) is 9.48 Å². The van der Waals surface area contributed by atoms with Gasteiger partial charge in [0.15, 0.2) is 6.29 Å². The molecular formula is C15H19N3O. The van der Waals surface area contributed by atoms with Crippen LogP contribution in [0.15, 0.2) is 24.3 Å². The molecule has 0 fully saturated rings. The molecule has 0 unspecified atom stereocenters. The monoisotopic (exact) mass is 257 g/mol. The van der Waals surface area contributed by atoms with Crippen molar-refractivity contribution >= 4 is 17.8 Å². The highest BCUT2D eigenvalue weighted by atomic mass is 16.1. The Labute approximate surface area is 113 Å². The van der Waals surface area contributed by atoms with Crippen molar-refractivity contribution in [1.29, 1.82) is 0 Å². The summed E-state index contributed by atoms with van der Waals surface area (Å²) in [7, 11) is 1.87. The second-order valence-corrected chi connectivity index (χ2v) is 4.64. The van der Waals surface area contributed by atoms with Crippen LogP contribution in [0.5, 0.6) is 0 Å². The van der Waals surface area contributed by atoms with E-state index in [4.69, 9.17) is 0 Å². The number of aryl methyl sites for hydroxylation is 3. The number of aldehydes is 1. The molecule has 1 heterocycles. The summed E-state index contributed by atoms with van der Waals surface area (Å²) in [6.07, 6.45) is 0.883. The van der Waals surface area contributed by atoms with Gasteiger partial charge in [-0.25, -0.2) is 0 Å². The number of aromatic nitrogens is 2. The molecule has 0 aliphatic carbocycles. The highest BCUT2D eigenvalue weighted by Gasteiger charge is 2.19. The van der Waals surface area contributed by atoms with Crippen molar-refractivity contribution in [2.75, 3.05) is 11.4 Å². The van der Waals surface area contributed by atoms with Gasteiger partial charge in [0.1, 0.15) is 5.82 Å². The largest absolute Gasteiger partial charge is 0.326 e. The first kappa shape index (κ1) is 13.3. The van der Waals surface area contributed by atoms with Crippen molar-refractivity contribution < 1.29 is 4.79 Å². The van der Waals surface area contributed by atoms with Gasteiger partial charge >= 0.3 is 0 Å². The van der Waals surface area contributed by atoms with E-state index in [1.807, 2.05) is 14.0 Å². The topological polar surface area (TPSA) is 38.1 Å². The molecule has 0 spiro atoms. The maximum Gasteiger partial charge on any atom is 0.155 e. The average molecular weight is 257 g/mol. The second kappa shape index (κ2) is 5.26. The normalized spacial score (nSPS) is 10.5. The molecule has 0 N–H and O–H groups in total. The molecule has 4 nitrogen and oxygen atoms in total. The van der Waals surface area contributed by atoms with E-state index in [0.29, 0.717) is 5.56 Å². The minimum Gasteiger partial charge on any atom is -0.326 e. The fourth-order valence-electron chi connectivity index (χ4n) is 2.30. The molecule has 100 valence electrons. The van der Waals surface area contributed by atoms with Gasteiger partial charge in [-0.2, -0.15) is 5.10 Å². The van der Waals surface area contributed by atoms with E-state index in [0.717, 1.165) is 30.0 Å². The summed E-state index contributed by atoms with van der Waals surface area (Å²) in [5.74, 6) is 0.846. The van der Waals surface area contributed by atoms with Crippen LogP contribution in [0, 0.1) is 13.8 Å². The Balaban J connectivity index is 2.53. The fourth-order valence-corrected chi connectivity index (χ4v) is 2.30. The van der Waals surface area contributed by atoms with Gasteiger partial charge in [-0.05, 0) is 32.9 Å². The summed E-state index contributed by atoms with van der Waals surface area (Å²) < 4.78 is 1.77. The van der Waals surface area contributed by atoms with Crippen LogP contribution in [0.4, 0.5) is 11.5 Å². The first-order valence-corrected chi connectivity index (χ1v) is 6.41. The van der Waals surface area contributed by atoms with Gasteiger partial charge in [0.2, 0.25) is 0 Å². The summed E-state index contributed by atoms with van der Waals surface area (Å²) in [6.45, 7) is 6.76. The number of carbonyl (C=O) groups excluding carboxylic acids is 1. The third-order valence-corrected chi connectivity index (χ3v) is 3.27. The first-order chi connectivity index (χ1) is 9.08. The van der Waals surface area contributed by atoms with Crippen molar-refractivity contribution in [3.63, 3.8) is 0 Å². The number of carbonyl (C=O) groups is 1. The predicted molar refractivity (Wildman–Crippen MR) is 77.2 cm³/mol. The van der Waals surface area contributed by atoms with Crippen molar-refractivity contribution in [1.82, 2.24) is 9.78 Å². The van der Waals surface area contributed by atoms with Crippen LogP contribution < -0.4 is 4.90 Å². The van der Waals surface area contributed by atoms with E-state index in [1.54, 1.807) is 4.68 Å². The third kappa shape index (κ3) is 2.38. The van der Waals surface area contributed by atoms with Gasteiger partial charge in [0, 0.05) is 19.3 Å². The van der Waals surface area contributed by atoms with E-state index in [2.05, 4.69) is 48.1 Å². The molecular weight excluding hydrogens is 238 g/mol. The molecule has 2 rings (SSSR count). The minimum atomic E-state index is 0.657. The Morgan fingerprint density at radius 2 is 1.89 bits per heavy atom. The summed E-state index contributed by atoms with van der Waals surface area (Å²) in [6, 6.07) is 8.27. The highest BCUT2D eigenvalue weighted by Crippen LogP contribution is 2.29. The first-order valence-electron chi connectivity index (χ1n) is 6.41. The van der Waals surface area contributed by atoms with Gasteiger partial charge in [0.05, 0.1) is 11.3 Å². The van der Waals surface area contributed by atoms with E-state index >= 15 is 0 Å². The molecule has 0 atom stereocenters. The van der Waals surface area contributed by atoms with Gasteiger partial charge < -0.3 is 4.90 Å². The second-order valence-electron chi connectivity index (χ2n) is 4.64. The molecule has 1 aromatic carbocycles. The van der Waals surface area contributed by atoms with E-state index in [1.165, 1.54) is 5.56 Å². The lowest BCUT2D eigenvalue weighted by Gasteiger charge is -2.23. The summed E-state index contributed by atoms with van der Waals surface area (Å²) >= 11 is 0. The molecule has 0 radical (unpaired) electrons. The smallest absolute Gasteiger partial charge is 0.155 e. The number of rotatable bonds is 4. The third-order valence-electron chi connectivity index (χ3n) is 3.27. The molecule has 0 aliphatic rings. The highest BCUT2D eigenvalue weighted by molar-refractivity contribution is 5.86. The Morgan fingerprint density at radius 1 is 1.26 bits per heavy atom. The molecule has 1 aromatic heterocycles. The molecule has 4 heteroatoms. The van der Waals surface area contributed by atoms with E-state index in [9.17, 15) is 4.79 Å². The van der Waals surface area contributed by atoms with Crippen LogP contribution in [0.2, 0.25) is 0 Å². The van der Waals surface area contributed by atoms with Crippen molar-refractivity contribution in [2.24, 2.45) is 7.05 Å². The summed E-state index contributed by atoms with van der Waals surface area (Å²) in [4.78, 5) is 13.4. The Morgan fingerprint density at radius 3 is 2.42 bits per heavy atom. The zero-order valence-corrected chi connectivity index (χ0v) is 11.8. The maximum absolute atomic E-state index is 11.3. The Kier molecular flexibility index (Phi) is 3.69. The van der Waals surface area contributed by atoms with Crippen molar-refractivity contribution in [3.05, 3.63) is 41.1 Å². The number of hydrogen-bond acceptors (Lipinski definition) is 3. The average Bonchev–Trinajstić information content (AvgIpc) is 2.67. The van der Waals surface area contributed by atoms with Gasteiger partial charge in [0.25, 0.3) is 0 Å². The molecule has 0 aliphatic heterocycles. The molecule has 0 bridgehead atoms. The Bertz CT molecular complexity index is 584. The number of hydrogen-bond donors (Lipinski definition) is 0. The lowest BCUT2D eigenvalue weighted by Crippen LogP contribution is -2.20. The van der Waals surface area contributed by atoms with Crippen LogP contribution in [-0.4, -0.2) is 22.6 Å². The van der Waals surface area contributed by atoms with Crippen molar-refractivity contribution in [2.45, 2.75) is 20.8 Å². The molecule has 0 saturated heterocycles. The SMILES string of the molecule is CCN(c1ccc(C)cc1)c1c(C=O)c(C)nn1C. The molecule has 0 amide bonds. The van der Waals surface area contributed by atoms with E-state index < -0.39 is 0 Å². The lowest BCUT2D eigenvalue weighted by molar-refractivity contribution is 0.112. The minimum absolute atomic E-state index is 0.657. The number of anilines is 2. The summed E-state index contributed by atoms with van der Waals surface area (Å²) in [5, 5.41) is 4.34. The molecule has 2 aromatic rings. The van der Waals surface area contributed by atoms with Crippen LogP contribution >= 0.6 is 0 Å². The predicted octanol–water partition coefficient (Wildman–Crippen LogP) is 3.01. The van der Waals surface area contributed by atoms with Gasteiger partial charge in [-0.15, -0.1) is 0 Å². The standard InChI is InChI=1S/C15H19N3O/c1-5-18(13-8-6-11(2)7-9-13)15-14(10-19)12(3)16-17(15)4/h6-10H,5H2,1-4H3. The lowest BCUT2D eigenvalue weighted by atomic mass is 10.2. The van der Waals surface area contributed by atoms with Crippen molar-refractivity contribution in [3.8, 4) is 0 Å². The van der Waals surface area contributed by atoms with Crippen LogP contribution in [0.25, 0.3) is 0 Å². The fraction of sp³-hybridized carbons (Fsp3) is 0.333. The quantitative estimate of drug-likeness (QED) is 0.790. The molecule has 19 heavy (non-hydrogen) atoms. The number of nitrogens with zero attached hydrogens (tertiary/aromatic N) is 3. The number of benzene rings is 1. The zero-order valence-electron chi connectivity index (χ0n) is 11.8. The van der Waals surface area contributed by atoms with Crippen LogP contribution in [0.1, 0.15) is 28.5 Å². The maximum atomic E-state index is 11.3. The zero-order chi connectivity index (χ0) is 14.0. The molecule has 0 saturated carbocycles. The van der Waals surface area contributed by atoms with Gasteiger partial charge in [-0.1, -0.05) is 17.7 Å². The summed E-state index contributed by atoms with van der Waals surface area (Å²) in [5.41, 5.74) is 3.71. The van der Waals surface area contributed by atoms with E-state index in [-0.39, 0.29) is 0 Å². The van der Waals surface area contributed by atoms with Crippen LogP contribution in [0.3, 0.4) is 0 Å².